The number of fused-ring (bicyclic) bond motifs is 2. The van der Waals surface area contributed by atoms with Gasteiger partial charge in [0.25, 0.3) is 0 Å². The first kappa shape index (κ1) is 13.4. The maximum Gasteiger partial charge on any atom is 0.303 e. The van der Waals surface area contributed by atoms with Gasteiger partial charge in [-0.3, -0.25) is 14.5 Å². The molecule has 0 unspecified atom stereocenters. The molecule has 4 heteroatoms. The number of para-hydroxylation sites is 2. The van der Waals surface area contributed by atoms with Crippen molar-refractivity contribution in [2.75, 3.05) is 4.90 Å². The first-order chi connectivity index (χ1) is 10.2. The van der Waals surface area contributed by atoms with E-state index in [1.165, 1.54) is 6.92 Å². The van der Waals surface area contributed by atoms with E-state index in [0.29, 0.717) is 6.42 Å². The summed E-state index contributed by atoms with van der Waals surface area (Å²) in [6, 6.07) is 15.2. The van der Waals surface area contributed by atoms with Crippen LogP contribution in [0.5, 0.6) is 0 Å². The quantitative estimate of drug-likeness (QED) is 0.627. The van der Waals surface area contributed by atoms with E-state index in [-0.39, 0.29) is 12.1 Å². The van der Waals surface area contributed by atoms with Crippen LogP contribution in [-0.2, 0) is 20.7 Å². The molecule has 0 bridgehead atoms. The Labute approximate surface area is 123 Å². The molecule has 0 saturated heterocycles. The lowest BCUT2D eigenvalue weighted by atomic mass is 10.0. The van der Waals surface area contributed by atoms with Crippen LogP contribution in [0.2, 0.25) is 0 Å². The average molecular weight is 281 g/mol. The fourth-order valence-corrected chi connectivity index (χ4v) is 2.76. The largest absolute Gasteiger partial charge is 0.457 e. The summed E-state index contributed by atoms with van der Waals surface area (Å²) in [6.45, 7) is 1.40. The molecule has 21 heavy (non-hydrogen) atoms. The first-order valence-electron chi connectivity index (χ1n) is 6.79. The van der Waals surface area contributed by atoms with E-state index in [1.54, 1.807) is 4.90 Å². The van der Waals surface area contributed by atoms with E-state index in [1.807, 2.05) is 48.5 Å². The molecule has 3 rings (SSSR count). The van der Waals surface area contributed by atoms with Gasteiger partial charge in [0.1, 0.15) is 6.10 Å². The standard InChI is InChI=1S/C17H15NO3/c1-12(20)21-17-10-13-6-2-4-8-15(13)18(11-19)16-9-5-3-7-14(16)17/h2-9,11,17H,10H2,1H3/t17-/m0/s1. The molecule has 0 radical (unpaired) electrons. The molecule has 0 N–H and O–H groups in total. The van der Waals surface area contributed by atoms with Crippen LogP contribution >= 0.6 is 0 Å². The monoisotopic (exact) mass is 281 g/mol. The molecule has 4 nitrogen and oxygen atoms in total. The molecule has 0 saturated carbocycles. The third-order valence-corrected chi connectivity index (χ3v) is 3.61. The van der Waals surface area contributed by atoms with E-state index in [9.17, 15) is 9.59 Å². The van der Waals surface area contributed by atoms with Crippen LogP contribution < -0.4 is 4.90 Å². The second kappa shape index (κ2) is 5.40. The van der Waals surface area contributed by atoms with E-state index >= 15 is 0 Å². The molecule has 1 aliphatic rings. The zero-order chi connectivity index (χ0) is 14.8. The van der Waals surface area contributed by atoms with Gasteiger partial charge in [-0.2, -0.15) is 0 Å². The number of anilines is 2. The molecule has 1 aliphatic heterocycles. The number of hydrogen-bond donors (Lipinski definition) is 0. The second-order valence-corrected chi connectivity index (χ2v) is 4.97. The normalized spacial score (nSPS) is 16.4. The summed E-state index contributed by atoms with van der Waals surface area (Å²) in [5, 5.41) is 0. The van der Waals surface area contributed by atoms with Crippen molar-refractivity contribution in [1.29, 1.82) is 0 Å². The molecular weight excluding hydrogens is 266 g/mol. The fraction of sp³-hybridized carbons (Fsp3) is 0.176. The molecule has 106 valence electrons. The predicted molar refractivity (Wildman–Crippen MR) is 79.3 cm³/mol. The predicted octanol–water partition coefficient (Wildman–Crippen LogP) is 3.14. The smallest absolute Gasteiger partial charge is 0.303 e. The van der Waals surface area contributed by atoms with Gasteiger partial charge >= 0.3 is 5.97 Å². The van der Waals surface area contributed by atoms with Crippen LogP contribution in [0.15, 0.2) is 48.5 Å². The summed E-state index contributed by atoms with van der Waals surface area (Å²) >= 11 is 0. The SMILES string of the molecule is CC(=O)O[C@H]1Cc2ccccc2N(C=O)c2ccccc21. The lowest BCUT2D eigenvalue weighted by Crippen LogP contribution is -2.16. The van der Waals surface area contributed by atoms with Crippen LogP contribution in [0.4, 0.5) is 11.4 Å². The van der Waals surface area contributed by atoms with Crippen molar-refractivity contribution in [1.82, 2.24) is 0 Å². The van der Waals surface area contributed by atoms with Crippen molar-refractivity contribution in [2.24, 2.45) is 0 Å². The van der Waals surface area contributed by atoms with Gasteiger partial charge in [0.2, 0.25) is 6.41 Å². The number of ether oxygens (including phenoxy) is 1. The Morgan fingerprint density at radius 1 is 1.14 bits per heavy atom. The minimum absolute atomic E-state index is 0.327. The highest BCUT2D eigenvalue weighted by molar-refractivity contribution is 5.90. The highest BCUT2D eigenvalue weighted by atomic mass is 16.5. The molecule has 1 amide bonds. The van der Waals surface area contributed by atoms with Crippen molar-refractivity contribution < 1.29 is 14.3 Å². The van der Waals surface area contributed by atoms with Crippen LogP contribution in [0.3, 0.4) is 0 Å². The van der Waals surface area contributed by atoms with Gasteiger partial charge < -0.3 is 4.74 Å². The topological polar surface area (TPSA) is 46.6 Å². The van der Waals surface area contributed by atoms with Gasteiger partial charge in [-0.1, -0.05) is 36.4 Å². The van der Waals surface area contributed by atoms with Gasteiger partial charge in [0.05, 0.1) is 11.4 Å². The Hall–Kier alpha value is -2.62. The third-order valence-electron chi connectivity index (χ3n) is 3.61. The molecule has 0 spiro atoms. The Morgan fingerprint density at radius 2 is 1.81 bits per heavy atom. The van der Waals surface area contributed by atoms with Gasteiger partial charge in [0, 0.05) is 18.9 Å². The van der Waals surface area contributed by atoms with Gasteiger partial charge in [0.15, 0.2) is 0 Å². The number of carbonyl (C=O) groups is 2. The van der Waals surface area contributed by atoms with E-state index in [2.05, 4.69) is 0 Å². The van der Waals surface area contributed by atoms with Gasteiger partial charge in [-0.25, -0.2) is 0 Å². The van der Waals surface area contributed by atoms with Crippen LogP contribution in [0.1, 0.15) is 24.2 Å². The van der Waals surface area contributed by atoms with Crippen molar-refractivity contribution in [2.45, 2.75) is 19.4 Å². The first-order valence-corrected chi connectivity index (χ1v) is 6.79. The fourth-order valence-electron chi connectivity index (χ4n) is 2.76. The summed E-state index contributed by atoms with van der Waals surface area (Å²) in [7, 11) is 0. The van der Waals surface area contributed by atoms with Crippen molar-refractivity contribution in [3.63, 3.8) is 0 Å². The molecule has 1 heterocycles. The van der Waals surface area contributed by atoms with E-state index < -0.39 is 0 Å². The molecule has 2 aromatic rings. The minimum Gasteiger partial charge on any atom is -0.457 e. The van der Waals surface area contributed by atoms with Crippen LogP contribution in [0.25, 0.3) is 0 Å². The Morgan fingerprint density at radius 3 is 2.52 bits per heavy atom. The Balaban J connectivity index is 2.20. The number of esters is 1. The highest BCUT2D eigenvalue weighted by Crippen LogP contribution is 2.40. The molecule has 0 aromatic heterocycles. The number of carbonyl (C=O) groups excluding carboxylic acids is 2. The second-order valence-electron chi connectivity index (χ2n) is 4.97. The highest BCUT2D eigenvalue weighted by Gasteiger charge is 2.27. The number of nitrogens with zero attached hydrogens (tertiary/aromatic N) is 1. The molecular formula is C17H15NO3. The lowest BCUT2D eigenvalue weighted by molar-refractivity contribution is -0.146. The minimum atomic E-state index is -0.384. The van der Waals surface area contributed by atoms with E-state index in [0.717, 1.165) is 28.9 Å². The summed E-state index contributed by atoms with van der Waals surface area (Å²) < 4.78 is 5.47. The van der Waals surface area contributed by atoms with E-state index in [4.69, 9.17) is 4.74 Å². The molecule has 0 aliphatic carbocycles. The lowest BCUT2D eigenvalue weighted by Gasteiger charge is -2.20. The summed E-state index contributed by atoms with van der Waals surface area (Å²) in [5.74, 6) is -0.327. The van der Waals surface area contributed by atoms with Crippen molar-refractivity contribution >= 4 is 23.8 Å². The summed E-state index contributed by atoms with van der Waals surface area (Å²) in [5.41, 5.74) is 3.40. The summed E-state index contributed by atoms with van der Waals surface area (Å²) in [4.78, 5) is 24.6. The van der Waals surface area contributed by atoms with Crippen LogP contribution in [-0.4, -0.2) is 12.4 Å². The number of benzene rings is 2. The zero-order valence-corrected chi connectivity index (χ0v) is 11.7. The van der Waals surface area contributed by atoms with Gasteiger partial charge in [-0.05, 0) is 17.7 Å². The molecule has 2 aromatic carbocycles. The molecule has 1 atom stereocenters. The van der Waals surface area contributed by atoms with Crippen molar-refractivity contribution in [3.8, 4) is 0 Å². The average Bonchev–Trinajstić information content (AvgIpc) is 2.61. The number of rotatable bonds is 2. The Kier molecular flexibility index (Phi) is 3.44. The molecule has 0 fully saturated rings. The van der Waals surface area contributed by atoms with Crippen LogP contribution in [0, 0.1) is 0 Å². The summed E-state index contributed by atoms with van der Waals surface area (Å²) in [6.07, 6.45) is 0.968. The maximum atomic E-state index is 11.6. The Bertz CT molecular complexity index is 696. The third kappa shape index (κ3) is 2.40. The zero-order valence-electron chi connectivity index (χ0n) is 11.7. The number of hydrogen-bond acceptors (Lipinski definition) is 3. The van der Waals surface area contributed by atoms with Gasteiger partial charge in [-0.15, -0.1) is 0 Å². The number of amides is 1. The maximum absolute atomic E-state index is 11.6. The van der Waals surface area contributed by atoms with Crippen molar-refractivity contribution in [3.05, 3.63) is 59.7 Å².